The fourth-order valence-corrected chi connectivity index (χ4v) is 6.92. The summed E-state index contributed by atoms with van der Waals surface area (Å²) in [7, 11) is -7.23. The van der Waals surface area contributed by atoms with E-state index in [9.17, 15) is 16.8 Å². The first-order chi connectivity index (χ1) is 12.7. The normalized spacial score (nSPS) is 23.8. The molecule has 2 fully saturated rings. The predicted octanol–water partition coefficient (Wildman–Crippen LogP) is 2.14. The van der Waals surface area contributed by atoms with E-state index < -0.39 is 20.0 Å². The number of hydrogen-bond acceptors (Lipinski definition) is 4. The van der Waals surface area contributed by atoms with E-state index >= 15 is 0 Å². The molecular weight excluding hydrogens is 384 g/mol. The highest BCUT2D eigenvalue weighted by atomic mass is 32.2. The van der Waals surface area contributed by atoms with Gasteiger partial charge >= 0.3 is 0 Å². The first-order valence-electron chi connectivity index (χ1n) is 8.88. The van der Waals surface area contributed by atoms with E-state index in [0.717, 1.165) is 11.1 Å². The van der Waals surface area contributed by atoms with Gasteiger partial charge in [0.05, 0.1) is 9.79 Å². The van der Waals surface area contributed by atoms with E-state index in [0.29, 0.717) is 6.42 Å². The van der Waals surface area contributed by atoms with Crippen LogP contribution in [-0.2, 0) is 20.0 Å². The molecule has 6 nitrogen and oxygen atoms in total. The monoisotopic (exact) mass is 406 g/mol. The van der Waals surface area contributed by atoms with Gasteiger partial charge in [-0.15, -0.1) is 0 Å². The number of hydrogen-bond donors (Lipinski definition) is 0. The van der Waals surface area contributed by atoms with Gasteiger partial charge in [0.1, 0.15) is 0 Å². The predicted molar refractivity (Wildman–Crippen MR) is 102 cm³/mol. The number of sulfonamides is 2. The number of nitrogens with zero attached hydrogens (tertiary/aromatic N) is 2. The molecule has 0 spiro atoms. The summed E-state index contributed by atoms with van der Waals surface area (Å²) in [6, 6.07) is 13.0. The van der Waals surface area contributed by atoms with Crippen molar-refractivity contribution in [3.8, 4) is 0 Å². The third-order valence-corrected chi connectivity index (χ3v) is 9.14. The van der Waals surface area contributed by atoms with Gasteiger partial charge in [0.25, 0.3) is 0 Å². The lowest BCUT2D eigenvalue weighted by atomic mass is 10.2. The van der Waals surface area contributed by atoms with Crippen LogP contribution in [0.1, 0.15) is 17.5 Å². The molecule has 0 radical (unpaired) electrons. The van der Waals surface area contributed by atoms with Crippen molar-refractivity contribution in [3.63, 3.8) is 0 Å². The number of aryl methyl sites for hydroxylation is 2. The molecule has 2 aliphatic rings. The third kappa shape index (κ3) is 3.20. The minimum absolute atomic E-state index is 0.169. The third-order valence-electron chi connectivity index (χ3n) is 5.26. The second-order valence-electron chi connectivity index (χ2n) is 7.23. The van der Waals surface area contributed by atoms with Gasteiger partial charge in [-0.2, -0.15) is 8.61 Å². The molecule has 4 rings (SSSR count). The van der Waals surface area contributed by atoms with Crippen LogP contribution in [0.3, 0.4) is 0 Å². The Morgan fingerprint density at radius 3 is 1.33 bits per heavy atom. The molecule has 27 heavy (non-hydrogen) atoms. The van der Waals surface area contributed by atoms with Crippen molar-refractivity contribution in [2.45, 2.75) is 42.1 Å². The Hall–Kier alpha value is -1.74. The Bertz CT molecular complexity index is 974. The summed E-state index contributed by atoms with van der Waals surface area (Å²) in [6.07, 6.45) is 0.538. The van der Waals surface area contributed by atoms with E-state index in [2.05, 4.69) is 0 Å². The van der Waals surface area contributed by atoms with Crippen molar-refractivity contribution in [2.75, 3.05) is 13.1 Å². The molecule has 0 bridgehead atoms. The summed E-state index contributed by atoms with van der Waals surface area (Å²) >= 11 is 0. The molecule has 144 valence electrons. The van der Waals surface area contributed by atoms with Crippen molar-refractivity contribution in [3.05, 3.63) is 59.7 Å². The largest absolute Gasteiger partial charge is 0.243 e. The fourth-order valence-electron chi connectivity index (χ4n) is 3.60. The molecule has 2 aromatic carbocycles. The summed E-state index contributed by atoms with van der Waals surface area (Å²) in [5.74, 6) is 0. The fraction of sp³-hybridized carbons (Fsp3) is 0.368. The second kappa shape index (κ2) is 6.41. The van der Waals surface area contributed by atoms with Crippen molar-refractivity contribution in [1.82, 2.24) is 8.61 Å². The van der Waals surface area contributed by atoms with Crippen LogP contribution >= 0.6 is 0 Å². The topological polar surface area (TPSA) is 74.8 Å². The standard InChI is InChI=1S/C19H22N2O4S2/c1-14-3-7-16(8-4-14)26(22,23)20-11-12-21(19-13-18(19)20)27(24,25)17-9-5-15(2)6-10-17/h3-10,18-19H,11-13H2,1-2H3. The average Bonchev–Trinajstić information content (AvgIpc) is 3.42. The highest BCUT2D eigenvalue weighted by Crippen LogP contribution is 2.42. The Labute approximate surface area is 160 Å². The molecule has 2 aromatic rings. The van der Waals surface area contributed by atoms with Gasteiger partial charge in [0.2, 0.25) is 20.0 Å². The molecular formula is C19H22N2O4S2. The van der Waals surface area contributed by atoms with Crippen LogP contribution in [0.2, 0.25) is 0 Å². The minimum atomic E-state index is -3.61. The molecule has 1 saturated carbocycles. The van der Waals surface area contributed by atoms with Crippen LogP contribution < -0.4 is 0 Å². The molecule has 1 aliphatic carbocycles. The lowest BCUT2D eigenvalue weighted by molar-refractivity contribution is 0.268. The van der Waals surface area contributed by atoms with E-state index in [4.69, 9.17) is 0 Å². The van der Waals surface area contributed by atoms with Gasteiger partial charge in [-0.1, -0.05) is 35.4 Å². The highest BCUT2D eigenvalue weighted by Gasteiger charge is 2.56. The van der Waals surface area contributed by atoms with Crippen molar-refractivity contribution < 1.29 is 16.8 Å². The molecule has 8 heteroatoms. The number of benzene rings is 2. The molecule has 1 aliphatic heterocycles. The van der Waals surface area contributed by atoms with Crippen LogP contribution in [0.4, 0.5) is 0 Å². The molecule has 1 heterocycles. The van der Waals surface area contributed by atoms with Crippen LogP contribution in [0.5, 0.6) is 0 Å². The maximum absolute atomic E-state index is 13.0. The maximum atomic E-state index is 13.0. The van der Waals surface area contributed by atoms with Crippen molar-refractivity contribution >= 4 is 20.0 Å². The summed E-state index contributed by atoms with van der Waals surface area (Å²) in [6.45, 7) is 4.15. The van der Waals surface area contributed by atoms with Gasteiger partial charge in [0.15, 0.2) is 0 Å². The number of rotatable bonds is 4. The first-order valence-corrected chi connectivity index (χ1v) is 11.8. The Morgan fingerprint density at radius 1 is 0.667 bits per heavy atom. The lowest BCUT2D eigenvalue weighted by Gasteiger charge is -2.32. The van der Waals surface area contributed by atoms with Crippen molar-refractivity contribution in [2.24, 2.45) is 0 Å². The zero-order valence-corrected chi connectivity index (χ0v) is 16.9. The summed E-state index contributed by atoms with van der Waals surface area (Å²) in [5, 5.41) is 0. The summed E-state index contributed by atoms with van der Waals surface area (Å²) < 4.78 is 54.8. The Morgan fingerprint density at radius 2 is 1.00 bits per heavy atom. The van der Waals surface area contributed by atoms with E-state index in [1.807, 2.05) is 13.8 Å². The first kappa shape index (κ1) is 18.6. The summed E-state index contributed by atoms with van der Waals surface area (Å²) in [5.41, 5.74) is 1.99. The minimum Gasteiger partial charge on any atom is -0.207 e. The lowest BCUT2D eigenvalue weighted by Crippen LogP contribution is -2.50. The number of piperazine rings is 1. The quantitative estimate of drug-likeness (QED) is 0.780. The SMILES string of the molecule is Cc1ccc(S(=O)(=O)N2CCN(S(=O)(=O)c3ccc(C)cc3)C3CC32)cc1. The number of fused-ring (bicyclic) bond motifs is 1. The van der Waals surface area contributed by atoms with Gasteiger partial charge < -0.3 is 0 Å². The molecule has 2 atom stereocenters. The molecule has 1 saturated heterocycles. The van der Waals surface area contributed by atoms with E-state index in [-0.39, 0.29) is 35.0 Å². The van der Waals surface area contributed by atoms with E-state index in [1.54, 1.807) is 48.5 Å². The van der Waals surface area contributed by atoms with Crippen molar-refractivity contribution in [1.29, 1.82) is 0 Å². The molecule has 0 N–H and O–H groups in total. The smallest absolute Gasteiger partial charge is 0.207 e. The zero-order chi connectivity index (χ0) is 19.4. The molecule has 0 aromatic heterocycles. The van der Waals surface area contributed by atoms with Gasteiger partial charge in [-0.05, 0) is 44.5 Å². The Kier molecular flexibility index (Phi) is 4.42. The van der Waals surface area contributed by atoms with Crippen LogP contribution in [0.25, 0.3) is 0 Å². The highest BCUT2D eigenvalue weighted by molar-refractivity contribution is 7.89. The average molecular weight is 407 g/mol. The van der Waals surface area contributed by atoms with Gasteiger partial charge in [0, 0.05) is 25.2 Å². The van der Waals surface area contributed by atoms with Crippen LogP contribution in [0.15, 0.2) is 58.3 Å². The van der Waals surface area contributed by atoms with Crippen LogP contribution in [-0.4, -0.2) is 50.6 Å². The maximum Gasteiger partial charge on any atom is 0.243 e. The van der Waals surface area contributed by atoms with Gasteiger partial charge in [-0.25, -0.2) is 16.8 Å². The second-order valence-corrected chi connectivity index (χ2v) is 11.0. The zero-order valence-electron chi connectivity index (χ0n) is 15.2. The summed E-state index contributed by atoms with van der Waals surface area (Å²) in [4.78, 5) is 0.516. The Balaban J connectivity index is 1.57. The van der Waals surface area contributed by atoms with E-state index in [1.165, 1.54) is 8.61 Å². The van der Waals surface area contributed by atoms with Crippen LogP contribution in [0, 0.1) is 13.8 Å². The van der Waals surface area contributed by atoms with Gasteiger partial charge in [-0.3, -0.25) is 0 Å². The molecule has 2 unspecified atom stereocenters. The molecule has 0 amide bonds.